The highest BCUT2D eigenvalue weighted by Crippen LogP contribution is 2.24. The lowest BCUT2D eigenvalue weighted by molar-refractivity contribution is 0.220. The van der Waals surface area contributed by atoms with E-state index >= 15 is 0 Å². The summed E-state index contributed by atoms with van der Waals surface area (Å²) in [5.74, 6) is 0.941. The fourth-order valence-corrected chi connectivity index (χ4v) is 1.59. The molecule has 1 N–H and O–H groups in total. The van der Waals surface area contributed by atoms with Crippen molar-refractivity contribution in [3.8, 4) is 5.75 Å². The molecule has 0 radical (unpaired) electrons. The van der Waals surface area contributed by atoms with Crippen molar-refractivity contribution in [3.63, 3.8) is 0 Å². The summed E-state index contributed by atoms with van der Waals surface area (Å²) in [6, 6.07) is 8.38. The number of hydrogen-bond acceptors (Lipinski definition) is 2. The first-order valence-corrected chi connectivity index (χ1v) is 5.85. The molecule has 0 saturated heterocycles. The molecule has 0 aromatic heterocycles. The first-order chi connectivity index (χ1) is 7.43. The number of hydrogen-bond donors (Lipinski definition) is 1. The van der Waals surface area contributed by atoms with Crippen molar-refractivity contribution in [2.75, 3.05) is 13.6 Å². The largest absolute Gasteiger partial charge is 0.489 e. The van der Waals surface area contributed by atoms with Crippen LogP contribution >= 0.6 is 0 Å². The van der Waals surface area contributed by atoms with Crippen LogP contribution in [-0.2, 0) is 5.41 Å². The molecule has 1 rings (SSSR count). The molecule has 0 fully saturated rings. The van der Waals surface area contributed by atoms with E-state index in [0.29, 0.717) is 0 Å². The van der Waals surface area contributed by atoms with E-state index in [0.717, 1.165) is 12.3 Å². The second kappa shape index (κ2) is 5.35. The lowest BCUT2D eigenvalue weighted by atomic mass is 9.87. The number of benzene rings is 1. The normalized spacial score (nSPS) is 13.6. The van der Waals surface area contributed by atoms with E-state index in [9.17, 15) is 0 Å². The zero-order valence-corrected chi connectivity index (χ0v) is 11.0. The van der Waals surface area contributed by atoms with Crippen LogP contribution < -0.4 is 10.1 Å². The summed E-state index contributed by atoms with van der Waals surface area (Å²) in [4.78, 5) is 0. The van der Waals surface area contributed by atoms with Gasteiger partial charge in [-0.1, -0.05) is 32.9 Å². The molecule has 1 atom stereocenters. The van der Waals surface area contributed by atoms with Crippen molar-refractivity contribution >= 4 is 0 Å². The Kier molecular flexibility index (Phi) is 4.36. The maximum atomic E-state index is 5.76. The van der Waals surface area contributed by atoms with Crippen molar-refractivity contribution in [2.45, 2.75) is 39.2 Å². The van der Waals surface area contributed by atoms with Gasteiger partial charge in [-0.15, -0.1) is 0 Å². The Morgan fingerprint density at radius 2 is 1.75 bits per heavy atom. The topological polar surface area (TPSA) is 21.3 Å². The molecule has 0 saturated carbocycles. The predicted molar refractivity (Wildman–Crippen MR) is 69.2 cm³/mol. The molecular weight excluding hydrogens is 198 g/mol. The molecule has 1 unspecified atom stereocenters. The Morgan fingerprint density at radius 1 is 1.19 bits per heavy atom. The third-order valence-electron chi connectivity index (χ3n) is 2.55. The average Bonchev–Trinajstić information content (AvgIpc) is 2.17. The van der Waals surface area contributed by atoms with Gasteiger partial charge in [0.15, 0.2) is 0 Å². The Labute approximate surface area is 99.0 Å². The summed E-state index contributed by atoms with van der Waals surface area (Å²) in [6.07, 6.45) is 0.200. The van der Waals surface area contributed by atoms with Crippen molar-refractivity contribution in [1.29, 1.82) is 0 Å². The molecule has 0 spiro atoms. The quantitative estimate of drug-likeness (QED) is 0.844. The lowest BCUT2D eigenvalue weighted by Gasteiger charge is -2.20. The Hall–Kier alpha value is -1.02. The van der Waals surface area contributed by atoms with Gasteiger partial charge in [-0.05, 0) is 37.1 Å². The minimum Gasteiger partial charge on any atom is -0.489 e. The fraction of sp³-hybridized carbons (Fsp3) is 0.571. The average molecular weight is 221 g/mol. The van der Waals surface area contributed by atoms with Crippen LogP contribution in [0.4, 0.5) is 0 Å². The molecule has 0 aliphatic carbocycles. The van der Waals surface area contributed by atoms with Crippen LogP contribution in [-0.4, -0.2) is 19.7 Å². The summed E-state index contributed by atoms with van der Waals surface area (Å²) in [7, 11) is 1.93. The zero-order valence-electron chi connectivity index (χ0n) is 11.0. The van der Waals surface area contributed by atoms with Crippen LogP contribution in [0.2, 0.25) is 0 Å². The zero-order chi connectivity index (χ0) is 12.2. The van der Waals surface area contributed by atoms with E-state index in [-0.39, 0.29) is 11.5 Å². The third-order valence-corrected chi connectivity index (χ3v) is 2.55. The molecule has 0 aliphatic rings. The molecule has 90 valence electrons. The summed E-state index contributed by atoms with van der Waals surface area (Å²) in [5, 5.41) is 3.10. The van der Waals surface area contributed by atoms with E-state index in [1.807, 2.05) is 19.2 Å². The van der Waals surface area contributed by atoms with Gasteiger partial charge < -0.3 is 10.1 Å². The number of rotatable bonds is 4. The van der Waals surface area contributed by atoms with Gasteiger partial charge in [0.2, 0.25) is 0 Å². The van der Waals surface area contributed by atoms with E-state index in [2.05, 4.69) is 45.1 Å². The Bertz CT molecular complexity index is 311. The number of likely N-dealkylation sites (N-methyl/N-ethyl adjacent to an activating group) is 1. The predicted octanol–water partition coefficient (Wildman–Crippen LogP) is 2.97. The highest BCUT2D eigenvalue weighted by atomic mass is 16.5. The Morgan fingerprint density at radius 3 is 2.19 bits per heavy atom. The lowest BCUT2D eigenvalue weighted by Crippen LogP contribution is -2.26. The number of nitrogens with one attached hydrogen (secondary N) is 1. The van der Waals surface area contributed by atoms with Crippen LogP contribution in [0, 0.1) is 0 Å². The van der Waals surface area contributed by atoms with E-state index in [1.54, 1.807) is 0 Å². The van der Waals surface area contributed by atoms with Gasteiger partial charge >= 0.3 is 0 Å². The van der Waals surface area contributed by atoms with Crippen molar-refractivity contribution in [2.24, 2.45) is 0 Å². The molecule has 0 amide bonds. The van der Waals surface area contributed by atoms with Crippen LogP contribution in [0.1, 0.15) is 33.3 Å². The highest BCUT2D eigenvalue weighted by molar-refractivity contribution is 5.31. The summed E-state index contributed by atoms with van der Waals surface area (Å²) < 4.78 is 5.76. The smallest absolute Gasteiger partial charge is 0.119 e. The van der Waals surface area contributed by atoms with Gasteiger partial charge in [0, 0.05) is 6.54 Å². The minimum atomic E-state index is 0.200. The van der Waals surface area contributed by atoms with Gasteiger partial charge in [0.1, 0.15) is 11.9 Å². The van der Waals surface area contributed by atoms with Crippen LogP contribution in [0.15, 0.2) is 24.3 Å². The van der Waals surface area contributed by atoms with Gasteiger partial charge in [-0.2, -0.15) is 0 Å². The van der Waals surface area contributed by atoms with Gasteiger partial charge in [0.25, 0.3) is 0 Å². The van der Waals surface area contributed by atoms with E-state index in [4.69, 9.17) is 4.74 Å². The molecular formula is C14H23NO. The molecule has 2 heteroatoms. The van der Waals surface area contributed by atoms with Gasteiger partial charge in [0.05, 0.1) is 0 Å². The van der Waals surface area contributed by atoms with Gasteiger partial charge in [-0.3, -0.25) is 0 Å². The second-order valence-corrected chi connectivity index (χ2v) is 5.26. The maximum absolute atomic E-state index is 5.76. The molecule has 1 aromatic carbocycles. The van der Waals surface area contributed by atoms with Crippen LogP contribution in [0.25, 0.3) is 0 Å². The summed E-state index contributed by atoms with van der Waals surface area (Å²) >= 11 is 0. The maximum Gasteiger partial charge on any atom is 0.119 e. The summed E-state index contributed by atoms with van der Waals surface area (Å²) in [6.45, 7) is 9.57. The van der Waals surface area contributed by atoms with Crippen LogP contribution in [0.5, 0.6) is 5.75 Å². The molecule has 0 bridgehead atoms. The Balaban J connectivity index is 2.65. The van der Waals surface area contributed by atoms with Crippen molar-refractivity contribution < 1.29 is 4.74 Å². The molecule has 16 heavy (non-hydrogen) atoms. The van der Waals surface area contributed by atoms with E-state index < -0.39 is 0 Å². The molecule has 2 nitrogen and oxygen atoms in total. The fourth-order valence-electron chi connectivity index (χ4n) is 1.59. The standard InChI is InChI=1S/C14H23NO/c1-11(10-15-5)16-13-8-6-12(7-9-13)14(2,3)4/h6-9,11,15H,10H2,1-5H3. The number of ether oxygens (including phenoxy) is 1. The monoisotopic (exact) mass is 221 g/mol. The SMILES string of the molecule is CNCC(C)Oc1ccc(C(C)(C)C)cc1. The third kappa shape index (κ3) is 3.86. The first-order valence-electron chi connectivity index (χ1n) is 5.85. The minimum absolute atomic E-state index is 0.200. The summed E-state index contributed by atoms with van der Waals surface area (Å²) in [5.41, 5.74) is 1.54. The van der Waals surface area contributed by atoms with Crippen LogP contribution in [0.3, 0.4) is 0 Å². The highest BCUT2D eigenvalue weighted by Gasteiger charge is 2.13. The second-order valence-electron chi connectivity index (χ2n) is 5.26. The molecule has 0 heterocycles. The first kappa shape index (κ1) is 13.0. The van der Waals surface area contributed by atoms with E-state index in [1.165, 1.54) is 5.56 Å². The van der Waals surface area contributed by atoms with Crippen molar-refractivity contribution in [3.05, 3.63) is 29.8 Å². The van der Waals surface area contributed by atoms with Gasteiger partial charge in [-0.25, -0.2) is 0 Å². The molecule has 1 aromatic rings. The molecule has 0 aliphatic heterocycles. The van der Waals surface area contributed by atoms with Crippen molar-refractivity contribution in [1.82, 2.24) is 5.32 Å².